The number of carbonyl (C=O) groups is 3. The summed E-state index contributed by atoms with van der Waals surface area (Å²) in [5, 5.41) is 0. The highest BCUT2D eigenvalue weighted by Gasteiger charge is 2.70. The molecule has 3 aliphatic rings. The van der Waals surface area contributed by atoms with Gasteiger partial charge < -0.3 is 14.4 Å². The van der Waals surface area contributed by atoms with Crippen LogP contribution in [0.4, 0.5) is 4.79 Å². The van der Waals surface area contributed by atoms with E-state index >= 15 is 0 Å². The Bertz CT molecular complexity index is 566. The van der Waals surface area contributed by atoms with Crippen molar-refractivity contribution >= 4 is 17.8 Å². The van der Waals surface area contributed by atoms with Crippen LogP contribution in [-0.4, -0.2) is 48.5 Å². The second-order valence-electron chi connectivity index (χ2n) is 8.36. The average molecular weight is 337 g/mol. The fraction of sp³-hybridized carbons (Fsp3) is 0.833. The van der Waals surface area contributed by atoms with Crippen molar-refractivity contribution < 1.29 is 23.9 Å². The number of ketones is 1. The Hall–Kier alpha value is -1.59. The summed E-state index contributed by atoms with van der Waals surface area (Å²) in [7, 11) is 1.34. The first kappa shape index (κ1) is 17.2. The maximum Gasteiger partial charge on any atom is 0.410 e. The standard InChI is InChI=1S/C18H27NO5/c1-17(2,3)24-16(22)19-8-5-6-18(7-9-19)12-10-11(12)14(20)13(18)15(21)23-4/h11-13H,5-10H2,1-4H3. The number of methoxy groups -OCH3 is 1. The Morgan fingerprint density at radius 3 is 2.54 bits per heavy atom. The van der Waals surface area contributed by atoms with Crippen LogP contribution < -0.4 is 0 Å². The van der Waals surface area contributed by atoms with Crippen molar-refractivity contribution in [2.45, 2.75) is 52.1 Å². The van der Waals surface area contributed by atoms with Crippen LogP contribution in [0.2, 0.25) is 0 Å². The van der Waals surface area contributed by atoms with E-state index in [9.17, 15) is 14.4 Å². The molecule has 24 heavy (non-hydrogen) atoms. The molecule has 4 atom stereocenters. The van der Waals surface area contributed by atoms with Crippen molar-refractivity contribution in [3.05, 3.63) is 0 Å². The van der Waals surface area contributed by atoms with E-state index in [0.29, 0.717) is 19.5 Å². The molecule has 1 saturated heterocycles. The van der Waals surface area contributed by atoms with Gasteiger partial charge in [0.15, 0.2) is 5.78 Å². The van der Waals surface area contributed by atoms with Crippen molar-refractivity contribution in [2.24, 2.45) is 23.2 Å². The van der Waals surface area contributed by atoms with Crippen LogP contribution in [0.25, 0.3) is 0 Å². The number of carbonyl (C=O) groups excluding carboxylic acids is 3. The van der Waals surface area contributed by atoms with Gasteiger partial charge in [-0.1, -0.05) is 0 Å². The zero-order valence-corrected chi connectivity index (χ0v) is 15.0. The second-order valence-corrected chi connectivity index (χ2v) is 8.36. The van der Waals surface area contributed by atoms with Gasteiger partial charge in [0.25, 0.3) is 0 Å². The number of nitrogens with zero attached hydrogens (tertiary/aromatic N) is 1. The first-order valence-electron chi connectivity index (χ1n) is 8.79. The summed E-state index contributed by atoms with van der Waals surface area (Å²) >= 11 is 0. The second kappa shape index (κ2) is 5.74. The fourth-order valence-electron chi connectivity index (χ4n) is 4.67. The van der Waals surface area contributed by atoms with E-state index in [-0.39, 0.29) is 29.1 Å². The molecule has 6 heteroatoms. The molecule has 1 heterocycles. The van der Waals surface area contributed by atoms with Gasteiger partial charge in [0.05, 0.1) is 7.11 Å². The van der Waals surface area contributed by atoms with Crippen molar-refractivity contribution in [3.8, 4) is 0 Å². The maximum atomic E-state index is 12.5. The zero-order chi connectivity index (χ0) is 17.7. The fourth-order valence-corrected chi connectivity index (χ4v) is 4.67. The Labute approximate surface area is 142 Å². The number of amides is 1. The topological polar surface area (TPSA) is 72.9 Å². The van der Waals surface area contributed by atoms with Crippen molar-refractivity contribution in [1.29, 1.82) is 0 Å². The van der Waals surface area contributed by atoms with Gasteiger partial charge in [0.2, 0.25) is 0 Å². The summed E-state index contributed by atoms with van der Waals surface area (Å²) in [5.41, 5.74) is -0.855. The molecule has 2 saturated carbocycles. The highest BCUT2D eigenvalue weighted by molar-refractivity contribution is 6.05. The Morgan fingerprint density at radius 1 is 1.21 bits per heavy atom. The van der Waals surface area contributed by atoms with Gasteiger partial charge in [0.1, 0.15) is 11.5 Å². The van der Waals surface area contributed by atoms with Crippen molar-refractivity contribution in [1.82, 2.24) is 4.90 Å². The lowest BCUT2D eigenvalue weighted by atomic mass is 9.69. The predicted molar refractivity (Wildman–Crippen MR) is 86.2 cm³/mol. The zero-order valence-electron chi connectivity index (χ0n) is 15.0. The third-order valence-electron chi connectivity index (χ3n) is 5.76. The third kappa shape index (κ3) is 2.80. The minimum Gasteiger partial charge on any atom is -0.468 e. The summed E-state index contributed by atoms with van der Waals surface area (Å²) in [6.07, 6.45) is 2.81. The Morgan fingerprint density at radius 2 is 1.92 bits per heavy atom. The molecule has 134 valence electrons. The maximum absolute atomic E-state index is 12.5. The molecule has 0 radical (unpaired) electrons. The van der Waals surface area contributed by atoms with Gasteiger partial charge >= 0.3 is 12.1 Å². The quantitative estimate of drug-likeness (QED) is 0.543. The minimum absolute atomic E-state index is 0.0298. The van der Waals surface area contributed by atoms with Crippen LogP contribution in [0, 0.1) is 23.2 Å². The summed E-state index contributed by atoms with van der Waals surface area (Å²) < 4.78 is 10.4. The Balaban J connectivity index is 1.76. The molecule has 1 aliphatic heterocycles. The number of esters is 1. The molecule has 2 aliphatic carbocycles. The molecule has 3 fully saturated rings. The van der Waals surface area contributed by atoms with Gasteiger partial charge in [-0.05, 0) is 57.8 Å². The van der Waals surface area contributed by atoms with E-state index < -0.39 is 17.5 Å². The summed E-state index contributed by atoms with van der Waals surface area (Å²) in [6, 6.07) is 0. The summed E-state index contributed by atoms with van der Waals surface area (Å²) in [4.78, 5) is 38.8. The lowest BCUT2D eigenvalue weighted by Gasteiger charge is -2.34. The number of hydrogen-bond acceptors (Lipinski definition) is 5. The molecule has 3 rings (SSSR count). The number of fused-ring (bicyclic) bond motifs is 2. The molecule has 0 aromatic carbocycles. The van der Waals surface area contributed by atoms with E-state index in [1.54, 1.807) is 4.90 Å². The third-order valence-corrected chi connectivity index (χ3v) is 5.76. The molecule has 6 nitrogen and oxygen atoms in total. The largest absolute Gasteiger partial charge is 0.468 e. The molecular formula is C18H27NO5. The monoisotopic (exact) mass is 337 g/mol. The molecule has 4 unspecified atom stereocenters. The lowest BCUT2D eigenvalue weighted by molar-refractivity contribution is -0.154. The molecular weight excluding hydrogens is 310 g/mol. The highest BCUT2D eigenvalue weighted by atomic mass is 16.6. The van der Waals surface area contributed by atoms with Crippen LogP contribution in [-0.2, 0) is 19.1 Å². The van der Waals surface area contributed by atoms with Gasteiger partial charge in [-0.3, -0.25) is 9.59 Å². The van der Waals surface area contributed by atoms with Crippen LogP contribution in [0.1, 0.15) is 46.5 Å². The first-order valence-corrected chi connectivity index (χ1v) is 8.79. The molecule has 0 bridgehead atoms. The lowest BCUT2D eigenvalue weighted by Crippen LogP contribution is -2.41. The predicted octanol–water partition coefficient (Wildman–Crippen LogP) is 2.40. The molecule has 1 amide bonds. The van der Waals surface area contributed by atoms with E-state index in [0.717, 1.165) is 19.3 Å². The smallest absolute Gasteiger partial charge is 0.410 e. The van der Waals surface area contributed by atoms with E-state index in [2.05, 4.69) is 0 Å². The van der Waals surface area contributed by atoms with E-state index in [1.807, 2.05) is 20.8 Å². The normalized spacial score (nSPS) is 35.4. The van der Waals surface area contributed by atoms with Crippen LogP contribution in [0.15, 0.2) is 0 Å². The van der Waals surface area contributed by atoms with E-state index in [1.165, 1.54) is 7.11 Å². The Kier molecular flexibility index (Phi) is 4.12. The first-order chi connectivity index (χ1) is 11.2. The average Bonchev–Trinajstić information content (AvgIpc) is 3.25. The SMILES string of the molecule is COC(=O)C1C(=O)C2CC2C12CCCN(C(=O)OC(C)(C)C)CC2. The number of likely N-dealkylation sites (tertiary alicyclic amines) is 1. The van der Waals surface area contributed by atoms with Gasteiger partial charge in [-0.25, -0.2) is 4.79 Å². The molecule has 0 aromatic heterocycles. The van der Waals surface area contributed by atoms with Crippen molar-refractivity contribution in [2.75, 3.05) is 20.2 Å². The van der Waals surface area contributed by atoms with E-state index in [4.69, 9.17) is 9.47 Å². The summed E-state index contributed by atoms with van der Waals surface area (Å²) in [6.45, 7) is 6.68. The van der Waals surface area contributed by atoms with Crippen LogP contribution >= 0.6 is 0 Å². The van der Waals surface area contributed by atoms with Crippen molar-refractivity contribution in [3.63, 3.8) is 0 Å². The van der Waals surface area contributed by atoms with Gasteiger partial charge in [-0.2, -0.15) is 0 Å². The van der Waals surface area contributed by atoms with Gasteiger partial charge in [-0.15, -0.1) is 0 Å². The molecule has 1 spiro atoms. The van der Waals surface area contributed by atoms with Gasteiger partial charge in [0, 0.05) is 19.0 Å². The highest BCUT2D eigenvalue weighted by Crippen LogP contribution is 2.66. The van der Waals surface area contributed by atoms with Crippen LogP contribution in [0.5, 0.6) is 0 Å². The minimum atomic E-state index is -0.648. The molecule has 0 N–H and O–H groups in total. The number of ether oxygens (including phenoxy) is 2. The summed E-state index contributed by atoms with van der Waals surface area (Å²) in [5.74, 6) is -0.685. The number of hydrogen-bond donors (Lipinski definition) is 0. The van der Waals surface area contributed by atoms with Crippen LogP contribution in [0.3, 0.4) is 0 Å². The number of Topliss-reactive ketones (excluding diaryl/α,β-unsaturated/α-hetero) is 1. The number of rotatable bonds is 1. The molecule has 0 aromatic rings.